The molecule has 1 aliphatic heterocycles. The van der Waals surface area contributed by atoms with E-state index in [9.17, 15) is 15.0 Å². The van der Waals surface area contributed by atoms with Gasteiger partial charge in [-0.3, -0.25) is 4.79 Å². The number of ether oxygens (including phenoxy) is 1. The fourth-order valence-electron chi connectivity index (χ4n) is 4.91. The first kappa shape index (κ1) is 17.9. The maximum absolute atomic E-state index is 12.4. The Bertz CT molecular complexity index is 527. The van der Waals surface area contributed by atoms with Crippen LogP contribution in [0.25, 0.3) is 0 Å². The highest BCUT2D eigenvalue weighted by atomic mass is 16.6. The number of aliphatic hydroxyl groups excluding tert-OH is 2. The molecule has 0 aromatic heterocycles. The van der Waals surface area contributed by atoms with E-state index in [1.54, 1.807) is 0 Å². The number of nitrogens with two attached hydrogens (primary N) is 1. The summed E-state index contributed by atoms with van der Waals surface area (Å²) in [5, 5.41) is 20.8. The summed E-state index contributed by atoms with van der Waals surface area (Å²) in [6, 6.07) is 0. The zero-order valence-corrected chi connectivity index (χ0v) is 15.1. The number of quaternary nitrogens is 1. The SMILES string of the molecule is C[C@H]1CCC[C@]2(C)C[C@H]3OC(=O)[C@@H](C[NH2+]C(C)(CO)CO)[C@H]3C=C12. The molecule has 2 fully saturated rings. The number of fused-ring (bicyclic) bond motifs is 2. The van der Waals surface area contributed by atoms with Gasteiger partial charge in [0, 0.05) is 5.92 Å². The predicted molar refractivity (Wildman–Crippen MR) is 90.1 cm³/mol. The average molecular weight is 338 g/mol. The molecule has 0 unspecified atom stereocenters. The fourth-order valence-corrected chi connectivity index (χ4v) is 4.91. The molecule has 3 aliphatic rings. The first-order valence-corrected chi connectivity index (χ1v) is 9.31. The van der Waals surface area contributed by atoms with Crippen LogP contribution in [0.1, 0.15) is 46.5 Å². The van der Waals surface area contributed by atoms with Gasteiger partial charge in [-0.05, 0) is 37.5 Å². The molecule has 24 heavy (non-hydrogen) atoms. The minimum absolute atomic E-state index is 0.00976. The van der Waals surface area contributed by atoms with Crippen molar-refractivity contribution in [2.75, 3.05) is 19.8 Å². The zero-order valence-electron chi connectivity index (χ0n) is 15.1. The number of carbonyl (C=O) groups is 1. The number of hydrogen-bond donors (Lipinski definition) is 3. The standard InChI is InChI=1S/C19H31NO4/c1-12-5-4-6-18(2)8-16-13(7-15(12)18)14(17(23)24-16)9-20-19(3,10-21)11-22/h7,12-14,16,20-22H,4-6,8-11H2,1-3H3/p+1/t12-,13+,14-,16+,18+/m0/s1. The first-order valence-electron chi connectivity index (χ1n) is 9.31. The molecule has 0 bridgehead atoms. The Morgan fingerprint density at radius 1 is 1.42 bits per heavy atom. The summed E-state index contributed by atoms with van der Waals surface area (Å²) in [6.07, 6.45) is 6.95. The van der Waals surface area contributed by atoms with Crippen molar-refractivity contribution in [2.24, 2.45) is 23.2 Å². The van der Waals surface area contributed by atoms with Crippen LogP contribution in [-0.2, 0) is 9.53 Å². The van der Waals surface area contributed by atoms with Crippen LogP contribution in [0.4, 0.5) is 0 Å². The van der Waals surface area contributed by atoms with E-state index in [0.29, 0.717) is 12.5 Å². The second-order valence-electron chi connectivity index (χ2n) is 8.75. The number of rotatable bonds is 5. The molecule has 0 spiro atoms. The van der Waals surface area contributed by atoms with Crippen molar-refractivity contribution in [1.29, 1.82) is 0 Å². The Morgan fingerprint density at radius 3 is 2.79 bits per heavy atom. The van der Waals surface area contributed by atoms with Gasteiger partial charge in [0.15, 0.2) is 0 Å². The molecule has 1 saturated heterocycles. The summed E-state index contributed by atoms with van der Waals surface area (Å²) in [5.74, 6) is 0.425. The molecule has 0 aromatic rings. The minimum atomic E-state index is -0.646. The molecular weight excluding hydrogens is 306 g/mol. The van der Waals surface area contributed by atoms with E-state index < -0.39 is 5.54 Å². The van der Waals surface area contributed by atoms with E-state index in [0.717, 1.165) is 6.42 Å². The van der Waals surface area contributed by atoms with Gasteiger partial charge in [0.1, 0.15) is 17.6 Å². The maximum Gasteiger partial charge on any atom is 0.315 e. The summed E-state index contributed by atoms with van der Waals surface area (Å²) in [4.78, 5) is 12.4. The minimum Gasteiger partial charge on any atom is -0.461 e. The van der Waals surface area contributed by atoms with Crippen molar-refractivity contribution in [3.05, 3.63) is 11.6 Å². The van der Waals surface area contributed by atoms with E-state index in [2.05, 4.69) is 19.9 Å². The van der Waals surface area contributed by atoms with Crippen molar-refractivity contribution in [3.8, 4) is 0 Å². The number of allylic oxidation sites excluding steroid dienone is 1. The third-order valence-corrected chi connectivity index (χ3v) is 6.67. The molecule has 5 nitrogen and oxygen atoms in total. The fraction of sp³-hybridized carbons (Fsp3) is 0.842. The second-order valence-corrected chi connectivity index (χ2v) is 8.75. The summed E-state index contributed by atoms with van der Waals surface area (Å²) in [7, 11) is 0. The lowest BCUT2D eigenvalue weighted by Crippen LogP contribution is -2.99. The second kappa shape index (κ2) is 6.43. The highest BCUT2D eigenvalue weighted by Crippen LogP contribution is 2.53. The van der Waals surface area contributed by atoms with Gasteiger partial charge >= 0.3 is 5.97 Å². The smallest absolute Gasteiger partial charge is 0.315 e. The van der Waals surface area contributed by atoms with Crippen LogP contribution in [0.2, 0.25) is 0 Å². The van der Waals surface area contributed by atoms with Crippen LogP contribution in [0.15, 0.2) is 11.6 Å². The average Bonchev–Trinajstić information content (AvgIpc) is 2.84. The van der Waals surface area contributed by atoms with Gasteiger partial charge in [0.05, 0.1) is 19.8 Å². The molecule has 0 radical (unpaired) electrons. The maximum atomic E-state index is 12.4. The third-order valence-electron chi connectivity index (χ3n) is 6.67. The van der Waals surface area contributed by atoms with Crippen LogP contribution < -0.4 is 5.32 Å². The normalized spacial score (nSPS) is 39.0. The van der Waals surface area contributed by atoms with Crippen molar-refractivity contribution >= 4 is 5.97 Å². The van der Waals surface area contributed by atoms with Crippen LogP contribution in [0.3, 0.4) is 0 Å². The molecule has 2 aliphatic carbocycles. The lowest BCUT2D eigenvalue weighted by atomic mass is 9.59. The molecular formula is C19H32NO4+. The molecule has 3 rings (SSSR count). The van der Waals surface area contributed by atoms with Gasteiger partial charge in [-0.2, -0.15) is 0 Å². The van der Waals surface area contributed by atoms with Crippen molar-refractivity contribution in [1.82, 2.24) is 0 Å². The van der Waals surface area contributed by atoms with E-state index in [1.807, 2.05) is 12.2 Å². The van der Waals surface area contributed by atoms with Gasteiger partial charge in [-0.15, -0.1) is 0 Å². The summed E-state index contributed by atoms with van der Waals surface area (Å²) in [5.41, 5.74) is 1.06. The van der Waals surface area contributed by atoms with Crippen molar-refractivity contribution in [3.63, 3.8) is 0 Å². The largest absolute Gasteiger partial charge is 0.461 e. The monoisotopic (exact) mass is 338 g/mol. The Balaban J connectivity index is 1.79. The Morgan fingerprint density at radius 2 is 2.12 bits per heavy atom. The molecule has 5 atom stereocenters. The third kappa shape index (κ3) is 3.02. The quantitative estimate of drug-likeness (QED) is 0.507. The van der Waals surface area contributed by atoms with Crippen molar-refractivity contribution < 1.29 is 25.1 Å². The number of esters is 1. The molecule has 0 aromatic carbocycles. The van der Waals surface area contributed by atoms with E-state index >= 15 is 0 Å². The molecule has 4 N–H and O–H groups in total. The lowest BCUT2D eigenvalue weighted by Gasteiger charge is -2.45. The number of aliphatic hydroxyl groups is 2. The van der Waals surface area contributed by atoms with Crippen LogP contribution in [0, 0.1) is 23.2 Å². The Hall–Kier alpha value is -0.910. The van der Waals surface area contributed by atoms with Crippen LogP contribution in [-0.4, -0.2) is 47.6 Å². The van der Waals surface area contributed by atoms with Crippen LogP contribution >= 0.6 is 0 Å². The highest BCUT2D eigenvalue weighted by Gasteiger charge is 2.52. The van der Waals surface area contributed by atoms with E-state index in [4.69, 9.17) is 4.74 Å². The van der Waals surface area contributed by atoms with E-state index in [-0.39, 0.29) is 42.5 Å². The number of carbonyl (C=O) groups excluding carboxylic acids is 1. The zero-order chi connectivity index (χ0) is 17.5. The van der Waals surface area contributed by atoms with Gasteiger partial charge in [0.25, 0.3) is 0 Å². The van der Waals surface area contributed by atoms with E-state index in [1.165, 1.54) is 24.8 Å². The van der Waals surface area contributed by atoms with Gasteiger partial charge in [-0.25, -0.2) is 0 Å². The predicted octanol–water partition coefficient (Wildman–Crippen LogP) is 0.607. The van der Waals surface area contributed by atoms with Gasteiger partial charge in [-0.1, -0.05) is 31.9 Å². The molecule has 5 heteroatoms. The Kier molecular flexibility index (Phi) is 4.80. The van der Waals surface area contributed by atoms with Crippen molar-refractivity contribution in [2.45, 2.75) is 58.1 Å². The molecule has 1 heterocycles. The molecule has 1 saturated carbocycles. The first-order chi connectivity index (χ1) is 11.3. The van der Waals surface area contributed by atoms with Crippen LogP contribution in [0.5, 0.6) is 0 Å². The Labute approximate surface area is 144 Å². The highest BCUT2D eigenvalue weighted by molar-refractivity contribution is 5.76. The summed E-state index contributed by atoms with van der Waals surface area (Å²) < 4.78 is 5.73. The lowest BCUT2D eigenvalue weighted by molar-refractivity contribution is -0.731. The molecule has 136 valence electrons. The summed E-state index contributed by atoms with van der Waals surface area (Å²) >= 11 is 0. The molecule has 0 amide bonds. The number of hydrogen-bond acceptors (Lipinski definition) is 4. The van der Waals surface area contributed by atoms with Gasteiger partial charge in [0.2, 0.25) is 0 Å². The van der Waals surface area contributed by atoms with Gasteiger partial charge < -0.3 is 20.3 Å². The topological polar surface area (TPSA) is 83.4 Å². The summed E-state index contributed by atoms with van der Waals surface area (Å²) in [6.45, 7) is 6.76.